The highest BCUT2D eigenvalue weighted by atomic mass is 16.5. The number of phenolic OH excluding ortho intramolecular Hbond substituents is 1. The Hall–Kier alpha value is -4.07. The van der Waals surface area contributed by atoms with E-state index in [1.807, 2.05) is 12.1 Å². The third-order valence-corrected chi connectivity index (χ3v) is 3.93. The molecule has 0 radical (unpaired) electrons. The number of phenols is 1. The van der Waals surface area contributed by atoms with Gasteiger partial charge < -0.3 is 25.0 Å². The lowest BCUT2D eigenvalue weighted by molar-refractivity contribution is -0.119. The molecular formula is C21H19N3O5. The number of anilines is 2. The van der Waals surface area contributed by atoms with Crippen LogP contribution < -0.4 is 10.6 Å². The van der Waals surface area contributed by atoms with Crippen molar-refractivity contribution in [3.63, 3.8) is 0 Å². The Morgan fingerprint density at radius 1 is 0.966 bits per heavy atom. The van der Waals surface area contributed by atoms with Crippen LogP contribution in [0, 0.1) is 0 Å². The molecule has 3 N–H and O–H groups in total. The highest BCUT2D eigenvalue weighted by Crippen LogP contribution is 2.22. The minimum absolute atomic E-state index is 0.0339. The number of nitrogens with zero attached hydrogens (tertiary/aromatic N) is 1. The highest BCUT2D eigenvalue weighted by Gasteiger charge is 2.15. The van der Waals surface area contributed by atoms with Crippen LogP contribution in [0.4, 0.5) is 11.4 Å². The molecule has 1 aromatic heterocycles. The third-order valence-electron chi connectivity index (χ3n) is 3.93. The van der Waals surface area contributed by atoms with Crippen molar-refractivity contribution in [1.82, 2.24) is 4.57 Å². The van der Waals surface area contributed by atoms with Gasteiger partial charge >= 0.3 is 5.97 Å². The Morgan fingerprint density at radius 3 is 2.17 bits per heavy atom. The van der Waals surface area contributed by atoms with E-state index < -0.39 is 18.5 Å². The lowest BCUT2D eigenvalue weighted by Crippen LogP contribution is -2.21. The number of ether oxygens (including phenoxy) is 1. The molecule has 0 atom stereocenters. The van der Waals surface area contributed by atoms with E-state index in [2.05, 4.69) is 10.6 Å². The predicted molar refractivity (Wildman–Crippen MR) is 107 cm³/mol. The summed E-state index contributed by atoms with van der Waals surface area (Å²) in [5, 5.41) is 15.3. The van der Waals surface area contributed by atoms with Gasteiger partial charge in [-0.15, -0.1) is 0 Å². The number of nitrogens with one attached hydrogen (secondary N) is 2. The molecule has 2 amide bonds. The standard InChI is InChI=1S/C21H19N3O5/c1-14(25)22-15-4-6-16(7-5-15)23-20(27)13-29-21(28)18-9-8-17(12-19(18)26)24-10-2-3-11-24/h2-12,26H,13H2,1H3,(H,22,25)(H,23,27). The molecule has 8 heteroatoms. The van der Waals surface area contributed by atoms with Gasteiger partial charge in [0.05, 0.1) is 0 Å². The van der Waals surface area contributed by atoms with Gasteiger partial charge in [0.25, 0.3) is 5.91 Å². The van der Waals surface area contributed by atoms with Crippen LogP contribution in [0.15, 0.2) is 67.0 Å². The summed E-state index contributed by atoms with van der Waals surface area (Å²) in [6.45, 7) is 0.890. The van der Waals surface area contributed by atoms with E-state index in [1.54, 1.807) is 47.3 Å². The molecular weight excluding hydrogens is 374 g/mol. The second-order valence-corrected chi connectivity index (χ2v) is 6.17. The fourth-order valence-corrected chi connectivity index (χ4v) is 2.61. The number of aromatic hydroxyl groups is 1. The Labute approximate surface area is 166 Å². The summed E-state index contributed by atoms with van der Waals surface area (Å²) in [5.41, 5.74) is 1.73. The molecule has 29 heavy (non-hydrogen) atoms. The fraction of sp³-hybridized carbons (Fsp3) is 0.0952. The number of amides is 2. The molecule has 1 heterocycles. The molecule has 0 aliphatic heterocycles. The number of aromatic nitrogens is 1. The molecule has 3 aromatic rings. The van der Waals surface area contributed by atoms with Gasteiger partial charge in [0, 0.05) is 42.4 Å². The normalized spacial score (nSPS) is 10.2. The lowest BCUT2D eigenvalue weighted by atomic mass is 10.2. The van der Waals surface area contributed by atoms with E-state index in [4.69, 9.17) is 4.74 Å². The Bertz CT molecular complexity index is 1030. The summed E-state index contributed by atoms with van der Waals surface area (Å²) in [5.74, 6) is -1.78. The number of rotatable bonds is 6. The first-order chi connectivity index (χ1) is 13.9. The van der Waals surface area contributed by atoms with Crippen molar-refractivity contribution in [2.75, 3.05) is 17.2 Å². The third kappa shape index (κ3) is 5.23. The topological polar surface area (TPSA) is 110 Å². The van der Waals surface area contributed by atoms with Crippen LogP contribution in [0.25, 0.3) is 5.69 Å². The zero-order valence-corrected chi connectivity index (χ0v) is 15.6. The minimum Gasteiger partial charge on any atom is -0.507 e. The Kier molecular flexibility index (Phi) is 5.94. The molecule has 0 aliphatic rings. The second kappa shape index (κ2) is 8.75. The highest BCUT2D eigenvalue weighted by molar-refractivity contribution is 5.97. The first-order valence-corrected chi connectivity index (χ1v) is 8.73. The molecule has 148 valence electrons. The van der Waals surface area contributed by atoms with Crippen molar-refractivity contribution < 1.29 is 24.2 Å². The van der Waals surface area contributed by atoms with Gasteiger partial charge in [-0.1, -0.05) is 0 Å². The first-order valence-electron chi connectivity index (χ1n) is 8.73. The van der Waals surface area contributed by atoms with Crippen LogP contribution >= 0.6 is 0 Å². The maximum absolute atomic E-state index is 12.2. The number of benzene rings is 2. The Balaban J connectivity index is 1.54. The quantitative estimate of drug-likeness (QED) is 0.558. The van der Waals surface area contributed by atoms with Crippen molar-refractivity contribution >= 4 is 29.2 Å². The van der Waals surface area contributed by atoms with E-state index in [0.29, 0.717) is 17.1 Å². The number of hydrogen-bond acceptors (Lipinski definition) is 5. The summed E-state index contributed by atoms with van der Waals surface area (Å²) < 4.78 is 6.75. The monoisotopic (exact) mass is 393 g/mol. The second-order valence-electron chi connectivity index (χ2n) is 6.17. The van der Waals surface area contributed by atoms with Gasteiger partial charge in [-0.2, -0.15) is 0 Å². The molecule has 0 aliphatic carbocycles. The van der Waals surface area contributed by atoms with Crippen molar-refractivity contribution in [3.8, 4) is 11.4 Å². The molecule has 0 unspecified atom stereocenters. The van der Waals surface area contributed by atoms with Gasteiger partial charge in [-0.25, -0.2) is 4.79 Å². The predicted octanol–water partition coefficient (Wildman–Crippen LogP) is 2.94. The molecule has 8 nitrogen and oxygen atoms in total. The van der Waals surface area contributed by atoms with Gasteiger partial charge in [0.1, 0.15) is 11.3 Å². The SMILES string of the molecule is CC(=O)Nc1ccc(NC(=O)COC(=O)c2ccc(-n3cccc3)cc2O)cc1. The number of hydrogen-bond donors (Lipinski definition) is 3. The molecule has 0 saturated carbocycles. The summed E-state index contributed by atoms with van der Waals surface area (Å²) in [7, 11) is 0. The van der Waals surface area contributed by atoms with Crippen molar-refractivity contribution in [2.45, 2.75) is 6.92 Å². The summed E-state index contributed by atoms with van der Waals surface area (Å²) >= 11 is 0. The summed E-state index contributed by atoms with van der Waals surface area (Å²) in [4.78, 5) is 35.1. The smallest absolute Gasteiger partial charge is 0.342 e. The van der Waals surface area contributed by atoms with E-state index in [1.165, 1.54) is 19.1 Å². The first kappa shape index (κ1) is 19.7. The zero-order valence-electron chi connectivity index (χ0n) is 15.6. The maximum Gasteiger partial charge on any atom is 0.342 e. The molecule has 3 rings (SSSR count). The van der Waals surface area contributed by atoms with Crippen LogP contribution in [0.1, 0.15) is 17.3 Å². The van der Waals surface area contributed by atoms with Gasteiger partial charge in [-0.05, 0) is 48.5 Å². The molecule has 0 bridgehead atoms. The van der Waals surface area contributed by atoms with Gasteiger partial charge in [0.2, 0.25) is 5.91 Å². The van der Waals surface area contributed by atoms with Crippen LogP contribution in [0.2, 0.25) is 0 Å². The molecule has 2 aromatic carbocycles. The van der Waals surface area contributed by atoms with Crippen LogP contribution in [-0.4, -0.2) is 34.1 Å². The molecule has 0 spiro atoms. The summed E-state index contributed by atoms with van der Waals surface area (Å²) in [6.07, 6.45) is 3.61. The van der Waals surface area contributed by atoms with E-state index >= 15 is 0 Å². The van der Waals surface area contributed by atoms with E-state index in [-0.39, 0.29) is 17.2 Å². The van der Waals surface area contributed by atoms with Crippen molar-refractivity contribution in [3.05, 3.63) is 72.6 Å². The van der Waals surface area contributed by atoms with Gasteiger partial charge in [-0.3, -0.25) is 9.59 Å². The van der Waals surface area contributed by atoms with Crippen LogP contribution in [0.3, 0.4) is 0 Å². The van der Waals surface area contributed by atoms with E-state index in [9.17, 15) is 19.5 Å². The Morgan fingerprint density at radius 2 is 1.59 bits per heavy atom. The number of carbonyl (C=O) groups is 3. The average Bonchev–Trinajstić information content (AvgIpc) is 3.22. The zero-order chi connectivity index (χ0) is 20.8. The van der Waals surface area contributed by atoms with Crippen molar-refractivity contribution in [1.29, 1.82) is 0 Å². The van der Waals surface area contributed by atoms with Gasteiger partial charge in [0.15, 0.2) is 6.61 Å². The molecule has 0 fully saturated rings. The molecule has 0 saturated heterocycles. The van der Waals surface area contributed by atoms with Crippen molar-refractivity contribution in [2.24, 2.45) is 0 Å². The maximum atomic E-state index is 12.2. The largest absolute Gasteiger partial charge is 0.507 e. The summed E-state index contributed by atoms with van der Waals surface area (Å²) in [6, 6.07) is 14.7. The van der Waals surface area contributed by atoms with Crippen LogP contribution in [0.5, 0.6) is 5.75 Å². The average molecular weight is 393 g/mol. The number of esters is 1. The van der Waals surface area contributed by atoms with E-state index in [0.717, 1.165) is 0 Å². The fourth-order valence-electron chi connectivity index (χ4n) is 2.61. The number of carbonyl (C=O) groups excluding carboxylic acids is 3. The lowest BCUT2D eigenvalue weighted by Gasteiger charge is -2.10. The van der Waals surface area contributed by atoms with Crippen LogP contribution in [-0.2, 0) is 14.3 Å². The minimum atomic E-state index is -0.808.